The van der Waals surface area contributed by atoms with Gasteiger partial charge in [0.1, 0.15) is 18.1 Å². The molecule has 2 aliphatic heterocycles. The van der Waals surface area contributed by atoms with Gasteiger partial charge in [-0.05, 0) is 107 Å². The lowest BCUT2D eigenvalue weighted by Gasteiger charge is -2.40. The molecular weight excluding hydrogens is 779 g/mol. The molecule has 2 saturated heterocycles. The van der Waals surface area contributed by atoms with Crippen molar-refractivity contribution in [3.8, 4) is 0 Å². The van der Waals surface area contributed by atoms with Crippen molar-refractivity contribution in [3.63, 3.8) is 0 Å². The van der Waals surface area contributed by atoms with Gasteiger partial charge in [0.25, 0.3) is 10.2 Å². The molecule has 14 heteroatoms. The highest BCUT2D eigenvalue weighted by molar-refractivity contribution is 7.87. The topological polar surface area (TPSA) is 169 Å². The molecule has 0 aromatic heterocycles. The summed E-state index contributed by atoms with van der Waals surface area (Å²) in [7, 11) is -3.92. The number of amides is 4. The van der Waals surface area contributed by atoms with Crippen molar-refractivity contribution in [2.45, 2.75) is 193 Å². The average molecular weight is 854 g/mol. The molecule has 2 unspecified atom stereocenters. The van der Waals surface area contributed by atoms with Gasteiger partial charge in [0.15, 0.2) is 0 Å². The molecule has 7 atom stereocenters. The predicted molar refractivity (Wildman–Crippen MR) is 233 cm³/mol. The maximum Gasteiger partial charge on any atom is 0.299 e. The fourth-order valence-corrected chi connectivity index (χ4v) is 13.8. The number of rotatable bonds is 15. The second-order valence-corrected chi connectivity index (χ2v) is 23.1. The number of piperidine rings is 1. The minimum absolute atomic E-state index is 0.0285. The lowest BCUT2D eigenvalue weighted by atomic mass is 9.73. The summed E-state index contributed by atoms with van der Waals surface area (Å²) in [6.07, 6.45) is 15.8. The average Bonchev–Trinajstić information content (AvgIpc) is 3.88. The standard InChI is InChI=1S/C46H75N7O6S/c1-10-32-26-46(32,30(4)50-60(58,59)51-33-20-16-21-33)49-39(55)35-27-45(43(8,9)44(45)23-17-24-44)28-53(35)41(57)37(42(5,6)7)48-40(56)36(31-18-12-11-13-19-31)47-38(54)34-22-14-15-25-52(34)29(2)3/h10,29,31-37,50-51H,1,4,11-28H2,2-3,5-9H3,(H,47,54)(H,48,56)(H,49,55)/t32-,34+,35+,36?,37-,45?,46+/m1/s1. The van der Waals surface area contributed by atoms with E-state index in [1.165, 1.54) is 0 Å². The molecule has 5 N–H and O–H groups in total. The van der Waals surface area contributed by atoms with E-state index >= 15 is 4.79 Å². The Morgan fingerprint density at radius 3 is 2.02 bits per heavy atom. The highest BCUT2D eigenvalue weighted by Crippen LogP contribution is 2.88. The third kappa shape index (κ3) is 7.85. The van der Waals surface area contributed by atoms with E-state index < -0.39 is 39.3 Å². The van der Waals surface area contributed by atoms with Gasteiger partial charge in [-0.3, -0.25) is 28.8 Å². The largest absolute Gasteiger partial charge is 0.343 e. The van der Waals surface area contributed by atoms with Gasteiger partial charge in [-0.15, -0.1) is 6.58 Å². The number of carbonyl (C=O) groups is 4. The number of hydrogen-bond donors (Lipinski definition) is 5. The molecule has 0 bridgehead atoms. The van der Waals surface area contributed by atoms with Crippen LogP contribution in [0.25, 0.3) is 0 Å². The third-order valence-electron chi connectivity index (χ3n) is 16.9. The second kappa shape index (κ2) is 16.3. The molecule has 2 heterocycles. The first kappa shape index (κ1) is 45.1. The van der Waals surface area contributed by atoms with E-state index in [4.69, 9.17) is 0 Å². The van der Waals surface area contributed by atoms with E-state index in [1.54, 1.807) is 11.0 Å². The maximum absolute atomic E-state index is 15.3. The number of nitrogens with one attached hydrogen (secondary N) is 5. The van der Waals surface area contributed by atoms with Crippen molar-refractivity contribution in [1.82, 2.24) is 35.2 Å². The highest BCUT2D eigenvalue weighted by atomic mass is 32.2. The van der Waals surface area contributed by atoms with Gasteiger partial charge in [-0.25, -0.2) is 0 Å². The molecule has 5 saturated carbocycles. The quantitative estimate of drug-likeness (QED) is 0.141. The molecule has 4 amide bonds. The van der Waals surface area contributed by atoms with Crippen LogP contribution in [0.15, 0.2) is 24.9 Å². The maximum atomic E-state index is 15.3. The molecule has 13 nitrogen and oxygen atoms in total. The van der Waals surface area contributed by atoms with Crippen LogP contribution in [-0.4, -0.2) is 96.7 Å². The highest BCUT2D eigenvalue weighted by Gasteiger charge is 2.85. The van der Waals surface area contributed by atoms with Crippen molar-refractivity contribution < 1.29 is 27.6 Å². The monoisotopic (exact) mass is 854 g/mol. The summed E-state index contributed by atoms with van der Waals surface area (Å²) in [6, 6.07) is -2.84. The van der Waals surface area contributed by atoms with Gasteiger partial charge in [0.2, 0.25) is 23.6 Å². The first-order valence-electron chi connectivity index (χ1n) is 23.2. The van der Waals surface area contributed by atoms with Crippen molar-refractivity contribution in [2.24, 2.45) is 33.5 Å². The summed E-state index contributed by atoms with van der Waals surface area (Å²) in [6.45, 7) is 23.9. The summed E-state index contributed by atoms with van der Waals surface area (Å²) in [5.41, 5.74) is -2.00. The van der Waals surface area contributed by atoms with Crippen LogP contribution in [0, 0.1) is 33.5 Å². The Morgan fingerprint density at radius 1 is 0.817 bits per heavy atom. The molecule has 2 spiro atoms. The zero-order valence-electron chi connectivity index (χ0n) is 37.6. The lowest BCUT2D eigenvalue weighted by molar-refractivity contribution is -0.145. The Bertz CT molecular complexity index is 1830. The van der Waals surface area contributed by atoms with Crippen LogP contribution in [-0.2, 0) is 29.4 Å². The smallest absolute Gasteiger partial charge is 0.299 e. The number of fused-ring (bicyclic) bond motifs is 1. The van der Waals surface area contributed by atoms with Crippen LogP contribution in [0.5, 0.6) is 0 Å². The molecule has 0 aromatic carbocycles. The van der Waals surface area contributed by atoms with Crippen molar-refractivity contribution >= 4 is 33.8 Å². The van der Waals surface area contributed by atoms with Crippen LogP contribution >= 0.6 is 0 Å². The van der Waals surface area contributed by atoms with Gasteiger partial charge in [-0.1, -0.05) is 85.8 Å². The number of carbonyl (C=O) groups excluding carboxylic acids is 4. The molecule has 5 aliphatic carbocycles. The van der Waals surface area contributed by atoms with Crippen LogP contribution in [0.3, 0.4) is 0 Å². The van der Waals surface area contributed by atoms with Gasteiger partial charge in [0, 0.05) is 35.7 Å². The number of nitrogens with zero attached hydrogens (tertiary/aromatic N) is 2. The first-order chi connectivity index (χ1) is 28.1. The van der Waals surface area contributed by atoms with Crippen LogP contribution in [0.4, 0.5) is 0 Å². The molecule has 0 radical (unpaired) electrons. The molecular formula is C46H75N7O6S. The molecule has 336 valence electrons. The van der Waals surface area contributed by atoms with Crippen LogP contribution in [0.2, 0.25) is 0 Å². The Hall–Kier alpha value is -2.97. The van der Waals surface area contributed by atoms with Crippen molar-refractivity contribution in [1.29, 1.82) is 0 Å². The van der Waals surface area contributed by atoms with Gasteiger partial charge in [-0.2, -0.15) is 13.1 Å². The summed E-state index contributed by atoms with van der Waals surface area (Å²) < 4.78 is 31.5. The first-order valence-corrected chi connectivity index (χ1v) is 24.7. The Morgan fingerprint density at radius 2 is 1.48 bits per heavy atom. The van der Waals surface area contributed by atoms with E-state index in [0.29, 0.717) is 19.4 Å². The zero-order chi connectivity index (χ0) is 43.6. The lowest BCUT2D eigenvalue weighted by Crippen LogP contribution is -2.63. The van der Waals surface area contributed by atoms with Crippen molar-refractivity contribution in [2.75, 3.05) is 13.1 Å². The fourth-order valence-electron chi connectivity index (χ4n) is 12.5. The SMILES string of the molecule is C=C[C@@H]1C[C@]1(NC(=O)[C@@H]1CC2(CN1C(=O)[C@@H](NC(=O)C(NC(=O)[C@@H]1CCCCN1C(C)C)C1CCCCC1)C(C)(C)C)C(C)(C)C21CCC1)C(=C)NS(=O)(=O)NC1CCC1. The van der Waals surface area contributed by atoms with E-state index in [9.17, 15) is 22.8 Å². The number of likely N-dealkylation sites (tertiary alicyclic amines) is 2. The fraction of sp³-hybridized carbons (Fsp3) is 0.826. The summed E-state index contributed by atoms with van der Waals surface area (Å²) in [4.78, 5) is 63.0. The Kier molecular flexibility index (Phi) is 12.2. The van der Waals surface area contributed by atoms with E-state index in [1.807, 2.05) is 20.8 Å². The third-order valence-corrected chi connectivity index (χ3v) is 18.0. The summed E-state index contributed by atoms with van der Waals surface area (Å²) >= 11 is 0. The minimum atomic E-state index is -3.92. The molecule has 7 rings (SSSR count). The van der Waals surface area contributed by atoms with E-state index in [0.717, 1.165) is 96.4 Å². The molecule has 7 aliphatic rings. The summed E-state index contributed by atoms with van der Waals surface area (Å²) in [5.74, 6) is -1.44. The minimum Gasteiger partial charge on any atom is -0.343 e. The second-order valence-electron chi connectivity index (χ2n) is 21.7. The van der Waals surface area contributed by atoms with E-state index in [2.05, 4.69) is 71.1 Å². The normalized spacial score (nSPS) is 32.3. The zero-order valence-corrected chi connectivity index (χ0v) is 38.4. The Balaban J connectivity index is 1.14. The van der Waals surface area contributed by atoms with Crippen molar-refractivity contribution in [3.05, 3.63) is 24.9 Å². The molecule has 7 fully saturated rings. The van der Waals surface area contributed by atoms with Gasteiger partial charge < -0.3 is 20.9 Å². The molecule has 0 aromatic rings. The van der Waals surface area contributed by atoms with Crippen LogP contribution < -0.4 is 25.4 Å². The summed E-state index contributed by atoms with van der Waals surface area (Å²) in [5, 5.41) is 9.62. The van der Waals surface area contributed by atoms with Gasteiger partial charge in [0.05, 0.1) is 11.6 Å². The number of hydrogen-bond acceptors (Lipinski definition) is 7. The van der Waals surface area contributed by atoms with Crippen LogP contribution in [0.1, 0.15) is 151 Å². The predicted octanol–water partition coefficient (Wildman–Crippen LogP) is 5.19. The van der Waals surface area contributed by atoms with E-state index in [-0.39, 0.29) is 75.5 Å². The van der Waals surface area contributed by atoms with Gasteiger partial charge >= 0.3 is 0 Å². The molecule has 60 heavy (non-hydrogen) atoms. The Labute approximate surface area is 360 Å².